The first kappa shape index (κ1) is 37.0. The van der Waals surface area contributed by atoms with E-state index in [-0.39, 0.29) is 0 Å². The maximum absolute atomic E-state index is 7.02. The third kappa shape index (κ3) is 5.62. The van der Waals surface area contributed by atoms with Crippen LogP contribution in [0.25, 0.3) is 113 Å². The molecule has 0 N–H and O–H groups in total. The lowest BCUT2D eigenvalue weighted by Gasteiger charge is -2.28. The molecule has 14 rings (SSSR count). The van der Waals surface area contributed by atoms with E-state index in [9.17, 15) is 0 Å². The topological polar surface area (TPSA) is 21.3 Å². The van der Waals surface area contributed by atoms with E-state index in [4.69, 9.17) is 4.42 Å². The van der Waals surface area contributed by atoms with E-state index in [1.54, 1.807) is 0 Å². The Morgan fingerprint density at radius 3 is 1.92 bits per heavy atom. The molecule has 0 saturated carbocycles. The maximum Gasteiger partial charge on any atom is 0.145 e. The molecule has 3 aromatic heterocycles. The molecule has 0 spiro atoms. The molecule has 0 aliphatic heterocycles. The summed E-state index contributed by atoms with van der Waals surface area (Å²) in [6, 6.07) is 84.0. The Balaban J connectivity index is 1.04. The third-order valence-electron chi connectivity index (χ3n) is 13.6. The quantitative estimate of drug-likeness (QED) is 0.166. The van der Waals surface area contributed by atoms with Gasteiger partial charge in [-0.3, -0.25) is 0 Å². The van der Waals surface area contributed by atoms with Crippen LogP contribution in [-0.2, 0) is 0 Å². The van der Waals surface area contributed by atoms with E-state index in [1.807, 2.05) is 11.3 Å². The van der Waals surface area contributed by atoms with Crippen LogP contribution in [0.2, 0.25) is 0 Å². The molecule has 0 bridgehead atoms. The van der Waals surface area contributed by atoms with Gasteiger partial charge in [-0.2, -0.15) is 0 Å². The first-order chi connectivity index (χ1) is 32.7. The van der Waals surface area contributed by atoms with E-state index in [2.05, 4.69) is 240 Å². The second-order valence-electron chi connectivity index (χ2n) is 17.2. The van der Waals surface area contributed by atoms with E-state index >= 15 is 0 Å². The minimum atomic E-state index is 0.863. The monoisotopic (exact) mass is 858 g/mol. The van der Waals surface area contributed by atoms with Crippen LogP contribution in [0.15, 0.2) is 235 Å². The fraction of sp³-hybridized carbons (Fsp3) is 0. The van der Waals surface area contributed by atoms with Crippen molar-refractivity contribution < 1.29 is 4.42 Å². The summed E-state index contributed by atoms with van der Waals surface area (Å²) in [7, 11) is 0. The van der Waals surface area contributed by atoms with Crippen LogP contribution in [-0.4, -0.2) is 4.57 Å². The SMILES string of the molecule is c1ccc2cc(-c3ccc(N(c4ccc(-c5ccc6c(c5)sc5ccccc56)c5oc6ccccc6c45)c4cccc5c4c4ccccc4n5-c4cccc5ccccc45)cc3)ccc2c1. The Labute approximate surface area is 384 Å². The van der Waals surface area contributed by atoms with Gasteiger partial charge in [0.05, 0.1) is 33.5 Å². The van der Waals surface area contributed by atoms with Gasteiger partial charge in [0.25, 0.3) is 0 Å². The molecule has 0 fully saturated rings. The number of aromatic nitrogens is 1. The highest BCUT2D eigenvalue weighted by Gasteiger charge is 2.26. The van der Waals surface area contributed by atoms with Crippen LogP contribution >= 0.6 is 11.3 Å². The molecule has 4 heteroatoms. The Morgan fingerprint density at radius 2 is 1.03 bits per heavy atom. The predicted molar refractivity (Wildman–Crippen MR) is 282 cm³/mol. The molecule has 0 unspecified atom stereocenters. The second-order valence-corrected chi connectivity index (χ2v) is 18.3. The first-order valence-electron chi connectivity index (χ1n) is 22.5. The Hall–Kier alpha value is -8.44. The highest BCUT2D eigenvalue weighted by molar-refractivity contribution is 7.25. The van der Waals surface area contributed by atoms with Crippen LogP contribution in [0.3, 0.4) is 0 Å². The van der Waals surface area contributed by atoms with Crippen LogP contribution in [0, 0.1) is 0 Å². The lowest BCUT2D eigenvalue weighted by Crippen LogP contribution is -2.11. The van der Waals surface area contributed by atoms with Crippen molar-refractivity contribution in [1.29, 1.82) is 0 Å². The van der Waals surface area contributed by atoms with Crippen molar-refractivity contribution in [1.82, 2.24) is 4.57 Å². The van der Waals surface area contributed by atoms with Crippen LogP contribution < -0.4 is 4.90 Å². The van der Waals surface area contributed by atoms with Gasteiger partial charge < -0.3 is 13.9 Å². The molecule has 0 radical (unpaired) electrons. The van der Waals surface area contributed by atoms with Crippen molar-refractivity contribution in [2.75, 3.05) is 4.90 Å². The zero-order valence-corrected chi connectivity index (χ0v) is 36.5. The van der Waals surface area contributed by atoms with Crippen LogP contribution in [0.1, 0.15) is 0 Å². The van der Waals surface area contributed by atoms with Gasteiger partial charge in [-0.1, -0.05) is 158 Å². The number of anilines is 3. The summed E-state index contributed by atoms with van der Waals surface area (Å²) in [5.74, 6) is 0. The summed E-state index contributed by atoms with van der Waals surface area (Å²) in [4.78, 5) is 2.47. The zero-order chi connectivity index (χ0) is 43.3. The summed E-state index contributed by atoms with van der Waals surface area (Å²) in [5.41, 5.74) is 13.0. The number of para-hydroxylation sites is 2. The molecule has 0 aliphatic carbocycles. The number of thiophene rings is 1. The molecule has 14 aromatic rings. The van der Waals surface area contributed by atoms with Gasteiger partial charge in [0, 0.05) is 53.0 Å². The third-order valence-corrected chi connectivity index (χ3v) is 14.7. The van der Waals surface area contributed by atoms with Crippen molar-refractivity contribution in [2.24, 2.45) is 0 Å². The molecule has 308 valence electrons. The largest absolute Gasteiger partial charge is 0.455 e. The first-order valence-corrected chi connectivity index (χ1v) is 23.3. The highest BCUT2D eigenvalue weighted by atomic mass is 32.1. The molecule has 0 aliphatic rings. The van der Waals surface area contributed by atoms with Gasteiger partial charge in [-0.15, -0.1) is 11.3 Å². The van der Waals surface area contributed by atoms with Crippen molar-refractivity contribution in [3.63, 3.8) is 0 Å². The standard InChI is InChI=1S/C62H38N2OS/c1-2-15-42-37-43(28-27-39(42)13-1)40-29-32-45(33-30-40)63(54-23-12-24-55-60(54)50-19-5-8-21-53(50)64(55)52-22-11-16-41-14-3-4-17-46(41)52)56-36-35-47(62-61(56)51-20-6-9-25-57(51)65-62)44-31-34-49-48-18-7-10-26-58(48)66-59(49)38-44/h1-38H. The summed E-state index contributed by atoms with van der Waals surface area (Å²) in [6.45, 7) is 0. The maximum atomic E-state index is 7.02. The average molecular weight is 859 g/mol. The van der Waals surface area contributed by atoms with Gasteiger partial charge in [-0.05, 0) is 106 Å². The van der Waals surface area contributed by atoms with E-state index in [0.29, 0.717) is 0 Å². The number of nitrogens with zero attached hydrogens (tertiary/aromatic N) is 2. The number of hydrogen-bond acceptors (Lipinski definition) is 3. The summed E-state index contributed by atoms with van der Waals surface area (Å²) in [5, 5.41) is 12.0. The summed E-state index contributed by atoms with van der Waals surface area (Å²) in [6.07, 6.45) is 0. The Kier molecular flexibility index (Phi) is 8.15. The van der Waals surface area contributed by atoms with Crippen LogP contribution in [0.5, 0.6) is 0 Å². The fourth-order valence-corrected chi connectivity index (χ4v) is 11.7. The van der Waals surface area contributed by atoms with Crippen molar-refractivity contribution in [2.45, 2.75) is 0 Å². The highest BCUT2D eigenvalue weighted by Crippen LogP contribution is 2.50. The predicted octanol–water partition coefficient (Wildman–Crippen LogP) is 18.2. The fourth-order valence-electron chi connectivity index (χ4n) is 10.5. The smallest absolute Gasteiger partial charge is 0.145 e. The van der Waals surface area contributed by atoms with Gasteiger partial charge in [0.2, 0.25) is 0 Å². The van der Waals surface area contributed by atoms with E-state index in [1.165, 1.54) is 63.6 Å². The number of furan rings is 1. The summed E-state index contributed by atoms with van der Waals surface area (Å²) < 4.78 is 12.0. The van der Waals surface area contributed by atoms with Crippen molar-refractivity contribution in [3.8, 4) is 27.9 Å². The lowest BCUT2D eigenvalue weighted by molar-refractivity contribution is 0.670. The van der Waals surface area contributed by atoms with Crippen LogP contribution in [0.4, 0.5) is 17.1 Å². The molecular weight excluding hydrogens is 821 g/mol. The molecule has 66 heavy (non-hydrogen) atoms. The van der Waals surface area contributed by atoms with E-state index < -0.39 is 0 Å². The molecule has 0 saturated heterocycles. The van der Waals surface area contributed by atoms with Crippen molar-refractivity contribution in [3.05, 3.63) is 231 Å². The molecule has 0 atom stereocenters. The lowest BCUT2D eigenvalue weighted by atomic mass is 9.98. The number of rotatable bonds is 6. The number of hydrogen-bond donors (Lipinski definition) is 0. The number of benzene rings is 11. The minimum absolute atomic E-state index is 0.863. The summed E-state index contributed by atoms with van der Waals surface area (Å²) >= 11 is 1.85. The second kappa shape index (κ2) is 14.5. The van der Waals surface area contributed by atoms with Gasteiger partial charge in [-0.25, -0.2) is 0 Å². The molecule has 3 heterocycles. The van der Waals surface area contributed by atoms with Gasteiger partial charge >= 0.3 is 0 Å². The molecule has 3 nitrogen and oxygen atoms in total. The Morgan fingerprint density at radius 1 is 0.379 bits per heavy atom. The van der Waals surface area contributed by atoms with Crippen molar-refractivity contribution >= 4 is 114 Å². The van der Waals surface area contributed by atoms with Gasteiger partial charge in [0.15, 0.2) is 0 Å². The van der Waals surface area contributed by atoms with Gasteiger partial charge in [0.1, 0.15) is 11.2 Å². The zero-order valence-electron chi connectivity index (χ0n) is 35.7. The number of fused-ring (bicyclic) bond motifs is 11. The normalized spacial score (nSPS) is 11.9. The minimum Gasteiger partial charge on any atom is -0.455 e. The Bertz CT molecular complexity index is 4240. The average Bonchev–Trinajstić information content (AvgIpc) is 4.06. The molecule has 0 amide bonds. The van der Waals surface area contributed by atoms with E-state index in [0.717, 1.165) is 66.8 Å². The molecule has 11 aromatic carbocycles. The molecular formula is C62H38N2OS.